The number of aliphatic carboxylic acids is 1. The van der Waals surface area contributed by atoms with Crippen molar-refractivity contribution in [1.82, 2.24) is 0 Å². The van der Waals surface area contributed by atoms with E-state index < -0.39 is 61.8 Å². The minimum atomic E-state index is -1.62. The number of hydrogen-bond acceptors (Lipinski definition) is 14. The molecular weight excluding hydrogens is 670 g/mol. The maximum atomic E-state index is 11.8. The second-order valence-electron chi connectivity index (χ2n) is 14.1. The van der Waals surface area contributed by atoms with Crippen LogP contribution in [0.2, 0.25) is 0 Å². The molecule has 4 aliphatic heterocycles. The highest BCUT2D eigenvalue weighted by atomic mass is 17.2. The third-order valence-corrected chi connectivity index (χ3v) is 9.24. The predicted molar refractivity (Wildman–Crippen MR) is 177 cm³/mol. The molecule has 2 aromatic carbocycles. The lowest BCUT2D eigenvalue weighted by Crippen LogP contribution is -2.60. The van der Waals surface area contributed by atoms with Crippen LogP contribution < -0.4 is 29.6 Å². The third kappa shape index (κ3) is 7.98. The molecule has 0 aliphatic carbocycles. The number of ether oxygens (including phenoxy) is 7. The zero-order valence-corrected chi connectivity index (χ0v) is 29.2. The van der Waals surface area contributed by atoms with Gasteiger partial charge in [0.05, 0.1) is 19.1 Å². The molecule has 0 unspecified atom stereocenters. The summed E-state index contributed by atoms with van der Waals surface area (Å²) in [6.07, 6.45) is -6.07. The highest BCUT2D eigenvalue weighted by Crippen LogP contribution is 2.57. The molecule has 0 spiro atoms. The average Bonchev–Trinajstić information content (AvgIpc) is 3.71. The van der Waals surface area contributed by atoms with Crippen molar-refractivity contribution in [3.05, 3.63) is 40.5 Å². The fourth-order valence-corrected chi connectivity index (χ4v) is 6.80. The number of carbonyl (C=O) groups is 2. The zero-order valence-electron chi connectivity index (χ0n) is 29.2. The zero-order chi connectivity index (χ0) is 36.4. The van der Waals surface area contributed by atoms with E-state index in [2.05, 4.69) is 27.7 Å². The summed E-state index contributed by atoms with van der Waals surface area (Å²) in [5.41, 5.74) is 9.28. The van der Waals surface area contributed by atoms with E-state index in [1.807, 2.05) is 12.1 Å². The Hall–Kier alpha value is -3.86. The fraction of sp³-hybridized carbons (Fsp3) is 0.611. The van der Waals surface area contributed by atoms with Gasteiger partial charge in [-0.1, -0.05) is 27.7 Å². The topological polar surface area (TPSA) is 204 Å². The van der Waals surface area contributed by atoms with Crippen molar-refractivity contribution < 1.29 is 67.8 Å². The molecule has 15 heteroatoms. The molecule has 15 nitrogen and oxygen atoms in total. The van der Waals surface area contributed by atoms with Crippen LogP contribution in [0.25, 0.3) is 0 Å². The SMILES string of the molecule is CC(C)CCc1cc(OO[C@@H]2[C@H](OCCN)O[C@H](COC(=O)CC(=O)O)[C@@H](O)[C@@H]2O)cc2c1OC[C@H]1c3cc4c(c(CC(C)C)c3O[C@H]21)OCO4. The van der Waals surface area contributed by atoms with Crippen LogP contribution in [0.4, 0.5) is 0 Å². The molecule has 1 fully saturated rings. The van der Waals surface area contributed by atoms with E-state index in [1.54, 1.807) is 6.07 Å². The normalized spacial score (nSPS) is 25.9. The number of benzene rings is 2. The second-order valence-corrected chi connectivity index (χ2v) is 14.1. The molecule has 0 radical (unpaired) electrons. The number of rotatable bonds is 15. The first-order valence-electron chi connectivity index (χ1n) is 17.4. The summed E-state index contributed by atoms with van der Waals surface area (Å²) < 4.78 is 41.3. The summed E-state index contributed by atoms with van der Waals surface area (Å²) in [7, 11) is 0. The number of nitrogens with two attached hydrogens (primary N) is 1. The van der Waals surface area contributed by atoms with Gasteiger partial charge in [-0.3, -0.25) is 9.59 Å². The van der Waals surface area contributed by atoms with Crippen LogP contribution in [0.5, 0.6) is 28.7 Å². The summed E-state index contributed by atoms with van der Waals surface area (Å²) >= 11 is 0. The Balaban J connectivity index is 1.25. The van der Waals surface area contributed by atoms with Gasteiger partial charge in [-0.25, -0.2) is 0 Å². The number of aliphatic hydroxyl groups excluding tert-OH is 2. The highest BCUT2D eigenvalue weighted by molar-refractivity contribution is 5.90. The van der Waals surface area contributed by atoms with E-state index in [1.165, 1.54) is 0 Å². The number of esters is 1. The lowest BCUT2D eigenvalue weighted by molar-refractivity contribution is -0.372. The van der Waals surface area contributed by atoms with Crippen molar-refractivity contribution in [3.63, 3.8) is 0 Å². The van der Waals surface area contributed by atoms with E-state index >= 15 is 0 Å². The second kappa shape index (κ2) is 15.8. The van der Waals surface area contributed by atoms with Crippen LogP contribution in [-0.4, -0.2) is 91.1 Å². The summed E-state index contributed by atoms with van der Waals surface area (Å²) in [5.74, 6) is 1.46. The van der Waals surface area contributed by atoms with Crippen molar-refractivity contribution in [3.8, 4) is 28.7 Å². The van der Waals surface area contributed by atoms with Crippen LogP contribution in [0.15, 0.2) is 18.2 Å². The van der Waals surface area contributed by atoms with Gasteiger partial charge in [0.25, 0.3) is 0 Å². The monoisotopic (exact) mass is 717 g/mol. The minimum Gasteiger partial charge on any atom is -0.492 e. The number of hydrogen-bond donors (Lipinski definition) is 4. The van der Waals surface area contributed by atoms with Gasteiger partial charge in [-0.15, -0.1) is 0 Å². The fourth-order valence-electron chi connectivity index (χ4n) is 6.80. The van der Waals surface area contributed by atoms with Gasteiger partial charge in [0.15, 0.2) is 29.6 Å². The van der Waals surface area contributed by atoms with Gasteiger partial charge in [-0.05, 0) is 54.9 Å². The lowest BCUT2D eigenvalue weighted by Gasteiger charge is -2.41. The van der Waals surface area contributed by atoms with E-state index in [-0.39, 0.29) is 25.9 Å². The molecule has 5 N–H and O–H groups in total. The van der Waals surface area contributed by atoms with Gasteiger partial charge in [-0.2, -0.15) is 4.89 Å². The lowest BCUT2D eigenvalue weighted by atomic mass is 9.86. The highest BCUT2D eigenvalue weighted by Gasteiger charge is 2.48. The number of carboxylic acid groups (broad SMARTS) is 1. The van der Waals surface area contributed by atoms with E-state index in [0.717, 1.165) is 46.6 Å². The van der Waals surface area contributed by atoms with E-state index in [9.17, 15) is 19.8 Å². The van der Waals surface area contributed by atoms with E-state index in [0.29, 0.717) is 42.1 Å². The average molecular weight is 718 g/mol. The molecule has 1 saturated heterocycles. The Bertz CT molecular complexity index is 1580. The maximum Gasteiger partial charge on any atom is 0.317 e. The predicted octanol–water partition coefficient (Wildman–Crippen LogP) is 2.93. The first-order valence-corrected chi connectivity index (χ1v) is 17.4. The molecule has 0 bridgehead atoms. The summed E-state index contributed by atoms with van der Waals surface area (Å²) in [6.45, 7) is 8.72. The Morgan fingerprint density at radius 1 is 0.980 bits per heavy atom. The minimum absolute atomic E-state index is 0.00761. The van der Waals surface area contributed by atoms with Crippen LogP contribution in [0.1, 0.15) is 74.8 Å². The quantitative estimate of drug-likeness (QED) is 0.0905. The Kier molecular flexibility index (Phi) is 11.4. The largest absolute Gasteiger partial charge is 0.492 e. The van der Waals surface area contributed by atoms with Crippen LogP contribution >= 0.6 is 0 Å². The van der Waals surface area contributed by atoms with Gasteiger partial charge < -0.3 is 59.1 Å². The first-order chi connectivity index (χ1) is 24.4. The van der Waals surface area contributed by atoms with Crippen molar-refractivity contribution >= 4 is 11.9 Å². The molecule has 2 aromatic rings. The molecule has 6 rings (SSSR count). The van der Waals surface area contributed by atoms with Crippen LogP contribution in [0, 0.1) is 11.8 Å². The molecular formula is C36H47NO14. The van der Waals surface area contributed by atoms with Gasteiger partial charge in [0, 0.05) is 23.2 Å². The molecule has 4 heterocycles. The van der Waals surface area contributed by atoms with Crippen molar-refractivity contribution in [2.24, 2.45) is 17.6 Å². The van der Waals surface area contributed by atoms with Gasteiger partial charge in [0.2, 0.25) is 6.79 Å². The van der Waals surface area contributed by atoms with Crippen LogP contribution in [-0.2, 0) is 41.5 Å². The summed E-state index contributed by atoms with van der Waals surface area (Å²) in [4.78, 5) is 34.2. The summed E-state index contributed by atoms with van der Waals surface area (Å²) in [6, 6.07) is 5.59. The summed E-state index contributed by atoms with van der Waals surface area (Å²) in [5, 5.41) is 30.8. The number of fused-ring (bicyclic) bond motifs is 6. The Morgan fingerprint density at radius 2 is 1.78 bits per heavy atom. The van der Waals surface area contributed by atoms with Crippen LogP contribution in [0.3, 0.4) is 0 Å². The van der Waals surface area contributed by atoms with Gasteiger partial charge in [0.1, 0.15) is 48.9 Å². The molecule has 51 heavy (non-hydrogen) atoms. The van der Waals surface area contributed by atoms with Gasteiger partial charge >= 0.3 is 11.9 Å². The molecule has 0 saturated carbocycles. The standard InChI is InChI=1S/C36H47NO14/c1-17(2)5-6-19-10-20(50-51-35-30(42)29(41)26(48-36(35)43-8-7-37)15-44-28(40)13-27(38)39)11-23-31(19)45-14-24-21-12-25-34(47-16-46-25)22(9-18(3)4)32(21)49-33(23)24/h10-12,17-18,24,26,29-30,33,35-36,41-42H,5-9,13-16,37H2,1-4H3,(H,38,39)/t24-,26+,29+,30-,33+,35-,36+/m0/s1. The molecule has 0 amide bonds. The van der Waals surface area contributed by atoms with Crippen molar-refractivity contribution in [2.75, 3.05) is 33.2 Å². The Labute approximate surface area is 295 Å². The third-order valence-electron chi connectivity index (χ3n) is 9.24. The number of aliphatic hydroxyl groups is 2. The smallest absolute Gasteiger partial charge is 0.317 e. The molecule has 0 aromatic heterocycles. The Morgan fingerprint density at radius 3 is 2.51 bits per heavy atom. The molecule has 4 aliphatic rings. The maximum absolute atomic E-state index is 11.8. The van der Waals surface area contributed by atoms with Crippen molar-refractivity contribution in [1.29, 1.82) is 0 Å². The number of carboxylic acids is 1. The number of aryl methyl sites for hydroxylation is 1. The molecule has 7 atom stereocenters. The van der Waals surface area contributed by atoms with Crippen molar-refractivity contribution in [2.45, 2.75) is 96.1 Å². The first kappa shape index (κ1) is 36.9. The number of carbonyl (C=O) groups excluding carboxylic acids is 1. The molecule has 280 valence electrons. The van der Waals surface area contributed by atoms with E-state index in [4.69, 9.17) is 53.8 Å².